The molecule has 2 heterocycles. The summed E-state index contributed by atoms with van der Waals surface area (Å²) < 4.78 is 0. The molecule has 6 heteroatoms. The van der Waals surface area contributed by atoms with Crippen molar-refractivity contribution in [3.05, 3.63) is 45.7 Å². The fraction of sp³-hybridized carbons (Fsp3) is 0.400. The first-order valence-corrected chi connectivity index (χ1v) is 7.93. The Bertz CT molecular complexity index is 653. The van der Waals surface area contributed by atoms with Gasteiger partial charge < -0.3 is 10.6 Å². The summed E-state index contributed by atoms with van der Waals surface area (Å²) in [4.78, 5) is 14.4. The Morgan fingerprint density at radius 3 is 3.29 bits per heavy atom. The molecule has 0 spiro atoms. The van der Waals surface area contributed by atoms with Gasteiger partial charge in [0.1, 0.15) is 5.84 Å². The van der Waals surface area contributed by atoms with E-state index in [1.807, 2.05) is 18.4 Å². The number of nitrogens with two attached hydrogens (primary N) is 1. The molecule has 110 valence electrons. The first-order chi connectivity index (χ1) is 10.2. The van der Waals surface area contributed by atoms with Gasteiger partial charge in [-0.3, -0.25) is 4.98 Å². The number of amidine groups is 1. The van der Waals surface area contributed by atoms with Crippen molar-refractivity contribution in [2.24, 2.45) is 10.9 Å². The summed E-state index contributed by atoms with van der Waals surface area (Å²) in [6.07, 6.45) is 5.30. The zero-order valence-corrected chi connectivity index (χ0v) is 12.8. The molecule has 2 aromatic heterocycles. The lowest BCUT2D eigenvalue weighted by Crippen LogP contribution is -2.18. The van der Waals surface area contributed by atoms with Crippen LogP contribution in [0.15, 0.2) is 28.9 Å². The van der Waals surface area contributed by atoms with Crippen LogP contribution in [0.3, 0.4) is 0 Å². The van der Waals surface area contributed by atoms with Gasteiger partial charge in [-0.1, -0.05) is 11.2 Å². The van der Waals surface area contributed by atoms with Crippen LogP contribution < -0.4 is 5.73 Å². The molecule has 0 aromatic carbocycles. The summed E-state index contributed by atoms with van der Waals surface area (Å²) in [7, 11) is 0. The normalized spacial score (nSPS) is 18.3. The molecule has 0 bridgehead atoms. The van der Waals surface area contributed by atoms with Crippen molar-refractivity contribution in [3.63, 3.8) is 0 Å². The number of hydrogen-bond acceptors (Lipinski definition) is 5. The van der Waals surface area contributed by atoms with Crippen molar-refractivity contribution < 1.29 is 4.84 Å². The Labute approximate surface area is 127 Å². The Balaban J connectivity index is 1.66. The molecule has 0 saturated carbocycles. The first-order valence-electron chi connectivity index (χ1n) is 7.05. The molecule has 21 heavy (non-hydrogen) atoms. The topological polar surface area (TPSA) is 73.4 Å². The molecule has 2 N–H and O–H groups in total. The molecule has 0 fully saturated rings. The Kier molecular flexibility index (Phi) is 4.15. The zero-order chi connectivity index (χ0) is 14.7. The SMILES string of the molecule is Cc1nc(CC(N)=NO[C@H]2CCCc3cccnc32)cs1. The van der Waals surface area contributed by atoms with Crippen LogP contribution >= 0.6 is 11.3 Å². The third-order valence-corrected chi connectivity index (χ3v) is 4.29. The summed E-state index contributed by atoms with van der Waals surface area (Å²) in [6.45, 7) is 1.97. The van der Waals surface area contributed by atoms with Crippen LogP contribution in [-0.2, 0) is 17.7 Å². The highest BCUT2D eigenvalue weighted by Gasteiger charge is 2.22. The predicted molar refractivity (Wildman–Crippen MR) is 83.2 cm³/mol. The monoisotopic (exact) mass is 302 g/mol. The Morgan fingerprint density at radius 1 is 1.57 bits per heavy atom. The number of pyridine rings is 1. The molecule has 0 unspecified atom stereocenters. The van der Waals surface area contributed by atoms with Crippen molar-refractivity contribution in [2.45, 2.75) is 38.7 Å². The maximum atomic E-state index is 5.92. The van der Waals surface area contributed by atoms with Gasteiger partial charge in [-0.15, -0.1) is 11.3 Å². The van der Waals surface area contributed by atoms with E-state index >= 15 is 0 Å². The van der Waals surface area contributed by atoms with Crippen molar-refractivity contribution in [1.29, 1.82) is 0 Å². The second-order valence-electron chi connectivity index (χ2n) is 5.15. The minimum absolute atomic E-state index is 0.0920. The average molecular weight is 302 g/mol. The second-order valence-corrected chi connectivity index (χ2v) is 6.21. The van der Waals surface area contributed by atoms with Crippen LogP contribution in [0.5, 0.6) is 0 Å². The molecule has 0 radical (unpaired) electrons. The van der Waals surface area contributed by atoms with E-state index in [1.165, 1.54) is 5.56 Å². The lowest BCUT2D eigenvalue weighted by Gasteiger charge is -2.22. The van der Waals surface area contributed by atoms with E-state index in [0.717, 1.165) is 35.7 Å². The maximum absolute atomic E-state index is 5.92. The Hall–Kier alpha value is -1.95. The molecule has 1 aliphatic carbocycles. The minimum atomic E-state index is -0.0920. The van der Waals surface area contributed by atoms with Gasteiger partial charge in [0.05, 0.1) is 22.8 Å². The van der Waals surface area contributed by atoms with Crippen molar-refractivity contribution >= 4 is 17.2 Å². The molecule has 5 nitrogen and oxygen atoms in total. The largest absolute Gasteiger partial charge is 0.385 e. The predicted octanol–water partition coefficient (Wildman–Crippen LogP) is 2.76. The summed E-state index contributed by atoms with van der Waals surface area (Å²) in [5.74, 6) is 0.448. The van der Waals surface area contributed by atoms with E-state index in [9.17, 15) is 0 Å². The van der Waals surface area contributed by atoms with Crippen LogP contribution in [-0.4, -0.2) is 15.8 Å². The van der Waals surface area contributed by atoms with Gasteiger partial charge in [0.2, 0.25) is 0 Å². The van der Waals surface area contributed by atoms with E-state index in [4.69, 9.17) is 10.6 Å². The van der Waals surface area contributed by atoms with Crippen LogP contribution in [0.4, 0.5) is 0 Å². The third-order valence-electron chi connectivity index (χ3n) is 3.47. The van der Waals surface area contributed by atoms with Crippen LogP contribution in [0, 0.1) is 6.92 Å². The van der Waals surface area contributed by atoms with Gasteiger partial charge in [0.25, 0.3) is 0 Å². The highest BCUT2D eigenvalue weighted by Crippen LogP contribution is 2.30. The quantitative estimate of drug-likeness (QED) is 0.535. The molecule has 2 aromatic rings. The summed E-state index contributed by atoms with van der Waals surface area (Å²) in [5.41, 5.74) is 9.09. The molecule has 3 rings (SSSR count). The van der Waals surface area contributed by atoms with Crippen LogP contribution in [0.2, 0.25) is 0 Å². The molecule has 0 amide bonds. The standard InChI is InChI=1S/C15H18N4OS/c1-10-18-12(9-21-10)8-14(16)19-20-13-6-2-4-11-5-3-7-17-15(11)13/h3,5,7,9,13H,2,4,6,8H2,1H3,(H2,16,19)/t13-/m0/s1. The van der Waals surface area contributed by atoms with Gasteiger partial charge in [-0.05, 0) is 37.8 Å². The number of thiazole rings is 1. The van der Waals surface area contributed by atoms with E-state index in [-0.39, 0.29) is 6.10 Å². The van der Waals surface area contributed by atoms with E-state index in [1.54, 1.807) is 17.5 Å². The van der Waals surface area contributed by atoms with Gasteiger partial charge >= 0.3 is 0 Å². The number of fused-ring (bicyclic) bond motifs is 1. The molecular formula is C15H18N4OS. The molecule has 0 saturated heterocycles. The summed E-state index contributed by atoms with van der Waals surface area (Å²) >= 11 is 1.61. The second kappa shape index (κ2) is 6.22. The molecule has 1 aliphatic rings. The minimum Gasteiger partial charge on any atom is -0.385 e. The van der Waals surface area contributed by atoms with Crippen LogP contribution in [0.25, 0.3) is 0 Å². The average Bonchev–Trinajstić information content (AvgIpc) is 2.90. The fourth-order valence-corrected chi connectivity index (χ4v) is 3.12. The summed E-state index contributed by atoms with van der Waals surface area (Å²) in [5, 5.41) is 7.10. The van der Waals surface area contributed by atoms with Gasteiger partial charge in [0, 0.05) is 11.6 Å². The third kappa shape index (κ3) is 3.39. The molecule has 1 atom stereocenters. The highest BCUT2D eigenvalue weighted by molar-refractivity contribution is 7.09. The van der Waals surface area contributed by atoms with E-state index in [0.29, 0.717) is 12.3 Å². The zero-order valence-electron chi connectivity index (χ0n) is 12.0. The van der Waals surface area contributed by atoms with Crippen molar-refractivity contribution in [2.75, 3.05) is 0 Å². The van der Waals surface area contributed by atoms with Gasteiger partial charge in [-0.2, -0.15) is 0 Å². The number of aryl methyl sites for hydroxylation is 2. The molecule has 0 aliphatic heterocycles. The van der Waals surface area contributed by atoms with Crippen molar-refractivity contribution in [3.8, 4) is 0 Å². The number of rotatable bonds is 4. The number of nitrogens with zero attached hydrogens (tertiary/aromatic N) is 3. The highest BCUT2D eigenvalue weighted by atomic mass is 32.1. The first kappa shape index (κ1) is 14.0. The van der Waals surface area contributed by atoms with Crippen LogP contribution in [0.1, 0.15) is 40.9 Å². The maximum Gasteiger partial charge on any atom is 0.169 e. The number of oxime groups is 1. The fourth-order valence-electron chi connectivity index (χ4n) is 2.51. The lowest BCUT2D eigenvalue weighted by atomic mass is 9.94. The van der Waals surface area contributed by atoms with E-state index in [2.05, 4.69) is 21.2 Å². The van der Waals surface area contributed by atoms with Crippen molar-refractivity contribution in [1.82, 2.24) is 9.97 Å². The van der Waals surface area contributed by atoms with Gasteiger partial charge in [0.15, 0.2) is 6.10 Å². The smallest absolute Gasteiger partial charge is 0.169 e. The van der Waals surface area contributed by atoms with Gasteiger partial charge in [-0.25, -0.2) is 4.98 Å². The molecular weight excluding hydrogens is 284 g/mol. The summed E-state index contributed by atoms with van der Waals surface area (Å²) in [6, 6.07) is 4.06. The van der Waals surface area contributed by atoms with E-state index < -0.39 is 0 Å². The number of hydrogen-bond donors (Lipinski definition) is 1. The number of aromatic nitrogens is 2. The Morgan fingerprint density at radius 2 is 2.48 bits per heavy atom. The lowest BCUT2D eigenvalue weighted by molar-refractivity contribution is 0.0421.